The molecule has 2 heterocycles. The molecule has 0 aromatic carbocycles. The molecule has 0 amide bonds. The number of nitrogens with zero attached hydrogens (tertiary/aromatic N) is 3. The number of piperidine rings is 1. The number of nitrogen functional groups attached to an aromatic ring is 1. The minimum Gasteiger partial charge on any atom is -0.392 e. The van der Waals surface area contributed by atoms with Gasteiger partial charge in [-0.2, -0.15) is 0 Å². The van der Waals surface area contributed by atoms with Crippen LogP contribution in [0.25, 0.3) is 0 Å². The van der Waals surface area contributed by atoms with Crippen molar-refractivity contribution in [3.63, 3.8) is 0 Å². The van der Waals surface area contributed by atoms with Crippen LogP contribution in [-0.2, 0) is 0 Å². The number of hydrogen-bond donors (Lipinski definition) is 2. The summed E-state index contributed by atoms with van der Waals surface area (Å²) in [6, 6.07) is 0.183. The monoisotopic (exact) mass is 325 g/mol. The lowest BCUT2D eigenvalue weighted by atomic mass is 10.0. The largest absolute Gasteiger partial charge is 0.392 e. The normalized spacial score (nSPS) is 20.0. The van der Waals surface area contributed by atoms with Crippen LogP contribution < -0.4 is 11.1 Å². The topological polar surface area (TPSA) is 97.3 Å². The zero-order valence-electron chi connectivity index (χ0n) is 12.3. The first kappa shape index (κ1) is 15.3. The van der Waals surface area contributed by atoms with E-state index in [1.807, 2.05) is 0 Å². The first-order valence-corrected chi connectivity index (χ1v) is 7.99. The Hall–Kier alpha value is -1.60. The minimum absolute atomic E-state index is 0.0321. The number of nitro groups is 1. The second kappa shape index (κ2) is 6.26. The molecule has 0 atom stereocenters. The number of likely N-dealkylation sites (tertiary alicyclic amines) is 1. The highest BCUT2D eigenvalue weighted by molar-refractivity contribution is 6.33. The first-order valence-electron chi connectivity index (χ1n) is 7.62. The Balaban J connectivity index is 1.64. The number of aromatic nitrogens is 1. The molecule has 1 saturated heterocycles. The highest BCUT2D eigenvalue weighted by atomic mass is 35.5. The van der Waals surface area contributed by atoms with Gasteiger partial charge in [0.1, 0.15) is 5.69 Å². The lowest BCUT2D eigenvalue weighted by Gasteiger charge is -2.32. The lowest BCUT2D eigenvalue weighted by molar-refractivity contribution is -0.383. The van der Waals surface area contributed by atoms with E-state index in [2.05, 4.69) is 15.2 Å². The summed E-state index contributed by atoms with van der Waals surface area (Å²) in [5.41, 5.74) is 5.45. The SMILES string of the molecule is Nc1c(Cl)cnc(NC2CCN(CC3CC3)CC2)c1[N+](=O)[O-]. The van der Waals surface area contributed by atoms with Gasteiger partial charge in [0, 0.05) is 25.7 Å². The Labute approximate surface area is 134 Å². The van der Waals surface area contributed by atoms with Crippen LogP contribution in [0, 0.1) is 16.0 Å². The molecule has 0 radical (unpaired) electrons. The van der Waals surface area contributed by atoms with Gasteiger partial charge in [-0.1, -0.05) is 11.6 Å². The van der Waals surface area contributed by atoms with E-state index in [0.717, 1.165) is 31.8 Å². The van der Waals surface area contributed by atoms with Crippen molar-refractivity contribution in [3.8, 4) is 0 Å². The van der Waals surface area contributed by atoms with E-state index in [4.69, 9.17) is 17.3 Å². The Morgan fingerprint density at radius 2 is 2.09 bits per heavy atom. The molecular weight excluding hydrogens is 306 g/mol. The van der Waals surface area contributed by atoms with Crippen LogP contribution >= 0.6 is 11.6 Å². The fraction of sp³-hybridized carbons (Fsp3) is 0.643. The summed E-state index contributed by atoms with van der Waals surface area (Å²) in [7, 11) is 0. The van der Waals surface area contributed by atoms with Crippen LogP contribution in [-0.4, -0.2) is 40.5 Å². The van der Waals surface area contributed by atoms with Crippen molar-refractivity contribution < 1.29 is 4.92 Å². The van der Waals surface area contributed by atoms with Gasteiger partial charge in [-0.15, -0.1) is 0 Å². The summed E-state index contributed by atoms with van der Waals surface area (Å²) in [6.07, 6.45) is 5.98. The Kier molecular flexibility index (Phi) is 4.35. The summed E-state index contributed by atoms with van der Waals surface area (Å²) >= 11 is 5.82. The maximum absolute atomic E-state index is 11.2. The number of nitrogens with one attached hydrogen (secondary N) is 1. The van der Waals surface area contributed by atoms with Gasteiger partial charge in [0.25, 0.3) is 0 Å². The van der Waals surface area contributed by atoms with E-state index in [9.17, 15) is 10.1 Å². The highest BCUT2D eigenvalue weighted by Crippen LogP contribution is 2.35. The van der Waals surface area contributed by atoms with Crippen LogP contribution in [0.3, 0.4) is 0 Å². The molecule has 3 rings (SSSR count). The predicted molar refractivity (Wildman–Crippen MR) is 86.1 cm³/mol. The molecule has 2 aliphatic rings. The fourth-order valence-corrected chi connectivity index (χ4v) is 3.04. The van der Waals surface area contributed by atoms with Gasteiger partial charge in [0.2, 0.25) is 5.82 Å². The van der Waals surface area contributed by atoms with Crippen LogP contribution in [0.2, 0.25) is 5.02 Å². The second-order valence-corrected chi connectivity index (χ2v) is 6.54. The summed E-state index contributed by atoms with van der Waals surface area (Å²) in [6.45, 7) is 3.23. The third-order valence-electron chi connectivity index (χ3n) is 4.37. The average molecular weight is 326 g/mol. The molecule has 120 valence electrons. The molecule has 22 heavy (non-hydrogen) atoms. The molecular formula is C14H20ClN5O2. The number of nitrogens with two attached hydrogens (primary N) is 1. The first-order chi connectivity index (χ1) is 10.5. The molecule has 3 N–H and O–H groups in total. The molecule has 7 nitrogen and oxygen atoms in total. The Bertz CT molecular complexity index is 571. The zero-order valence-corrected chi connectivity index (χ0v) is 13.1. The van der Waals surface area contributed by atoms with Crippen molar-refractivity contribution in [1.29, 1.82) is 0 Å². The van der Waals surface area contributed by atoms with E-state index in [0.29, 0.717) is 0 Å². The third kappa shape index (κ3) is 3.41. The minimum atomic E-state index is -0.529. The zero-order chi connectivity index (χ0) is 15.7. The molecule has 1 saturated carbocycles. The predicted octanol–water partition coefficient (Wildman–Crippen LogP) is 2.51. The summed E-state index contributed by atoms with van der Waals surface area (Å²) in [5, 5.41) is 14.5. The Morgan fingerprint density at radius 3 is 2.68 bits per heavy atom. The van der Waals surface area contributed by atoms with Gasteiger partial charge in [-0.3, -0.25) is 10.1 Å². The highest BCUT2D eigenvalue weighted by Gasteiger charge is 2.29. The number of hydrogen-bond acceptors (Lipinski definition) is 6. The molecule has 1 aliphatic carbocycles. The number of anilines is 2. The summed E-state index contributed by atoms with van der Waals surface area (Å²) < 4.78 is 0. The standard InChI is InChI=1S/C14H20ClN5O2/c15-11-7-17-14(13(12(11)16)20(21)22)18-10-3-5-19(6-4-10)8-9-1-2-9/h7,9-10H,1-6,8H2,(H3,16,17,18). The van der Waals surface area contributed by atoms with Crippen LogP contribution in [0.4, 0.5) is 17.2 Å². The Morgan fingerprint density at radius 1 is 1.41 bits per heavy atom. The van der Waals surface area contributed by atoms with Gasteiger partial charge in [-0.25, -0.2) is 4.98 Å². The average Bonchev–Trinajstić information content (AvgIpc) is 3.29. The van der Waals surface area contributed by atoms with Crippen molar-refractivity contribution in [2.75, 3.05) is 30.7 Å². The third-order valence-corrected chi connectivity index (χ3v) is 4.67. The number of rotatable bonds is 5. The van der Waals surface area contributed by atoms with Crippen molar-refractivity contribution in [2.24, 2.45) is 5.92 Å². The van der Waals surface area contributed by atoms with Crippen molar-refractivity contribution in [3.05, 3.63) is 21.3 Å². The smallest absolute Gasteiger partial charge is 0.335 e. The summed E-state index contributed by atoms with van der Waals surface area (Å²) in [4.78, 5) is 17.2. The molecule has 1 aromatic rings. The van der Waals surface area contributed by atoms with Gasteiger partial charge in [0.05, 0.1) is 16.1 Å². The molecule has 1 aromatic heterocycles. The van der Waals surface area contributed by atoms with Crippen molar-refractivity contribution in [2.45, 2.75) is 31.7 Å². The maximum Gasteiger partial charge on any atom is 0.335 e. The van der Waals surface area contributed by atoms with Crippen LogP contribution in [0.15, 0.2) is 6.20 Å². The number of halogens is 1. The van der Waals surface area contributed by atoms with Gasteiger partial charge in [0.15, 0.2) is 0 Å². The number of pyridine rings is 1. The van der Waals surface area contributed by atoms with E-state index in [-0.39, 0.29) is 28.3 Å². The molecule has 1 aliphatic heterocycles. The van der Waals surface area contributed by atoms with E-state index >= 15 is 0 Å². The van der Waals surface area contributed by atoms with E-state index in [1.54, 1.807) is 0 Å². The molecule has 2 fully saturated rings. The molecule has 8 heteroatoms. The van der Waals surface area contributed by atoms with Crippen molar-refractivity contribution in [1.82, 2.24) is 9.88 Å². The molecule has 0 spiro atoms. The molecule has 0 bridgehead atoms. The quantitative estimate of drug-likeness (QED) is 0.637. The summed E-state index contributed by atoms with van der Waals surface area (Å²) in [5.74, 6) is 1.11. The van der Waals surface area contributed by atoms with Crippen molar-refractivity contribution >= 4 is 28.8 Å². The fourth-order valence-electron chi connectivity index (χ4n) is 2.90. The van der Waals surface area contributed by atoms with Gasteiger partial charge >= 0.3 is 5.69 Å². The van der Waals surface area contributed by atoms with E-state index in [1.165, 1.54) is 25.6 Å². The lowest BCUT2D eigenvalue weighted by Crippen LogP contribution is -2.40. The van der Waals surface area contributed by atoms with Crippen LogP contribution in [0.1, 0.15) is 25.7 Å². The van der Waals surface area contributed by atoms with Crippen LogP contribution in [0.5, 0.6) is 0 Å². The molecule has 0 unspecified atom stereocenters. The second-order valence-electron chi connectivity index (χ2n) is 6.14. The maximum atomic E-state index is 11.2. The van der Waals surface area contributed by atoms with E-state index < -0.39 is 4.92 Å². The van der Waals surface area contributed by atoms with Gasteiger partial charge in [-0.05, 0) is 31.6 Å². The van der Waals surface area contributed by atoms with Gasteiger partial charge < -0.3 is 16.0 Å².